The van der Waals surface area contributed by atoms with Crippen LogP contribution < -0.4 is 10.6 Å². The predicted octanol–water partition coefficient (Wildman–Crippen LogP) is 3.48. The van der Waals surface area contributed by atoms with Crippen LogP contribution in [0.4, 0.5) is 26.4 Å². The molecule has 12 heteroatoms. The maximum atomic E-state index is 14.0. The fourth-order valence-corrected chi connectivity index (χ4v) is 2.76. The van der Waals surface area contributed by atoms with Gasteiger partial charge < -0.3 is 20.3 Å². The Labute approximate surface area is 175 Å². The van der Waals surface area contributed by atoms with E-state index in [-0.39, 0.29) is 35.6 Å². The molecule has 4 rings (SSSR count). The van der Waals surface area contributed by atoms with Crippen LogP contribution in [0.25, 0.3) is 11.0 Å². The molecule has 0 radical (unpaired) electrons. The minimum absolute atomic E-state index is 0. The molecule has 1 unspecified atom stereocenters. The van der Waals surface area contributed by atoms with E-state index < -0.39 is 17.7 Å². The summed E-state index contributed by atoms with van der Waals surface area (Å²) >= 11 is 0. The number of pyridine rings is 2. The van der Waals surface area contributed by atoms with E-state index in [0.29, 0.717) is 17.0 Å². The monoisotopic (exact) mass is 434 g/mol. The lowest BCUT2D eigenvalue weighted by molar-refractivity contribution is 0.455. The predicted molar refractivity (Wildman–Crippen MR) is 109 cm³/mol. The van der Waals surface area contributed by atoms with Crippen molar-refractivity contribution in [3.05, 3.63) is 54.2 Å². The van der Waals surface area contributed by atoms with E-state index in [0.717, 1.165) is 12.3 Å². The molecule has 0 aliphatic heterocycles. The van der Waals surface area contributed by atoms with E-state index >= 15 is 0 Å². The first-order valence-electron chi connectivity index (χ1n) is 8.59. The van der Waals surface area contributed by atoms with Crippen LogP contribution in [0.3, 0.4) is 0 Å². The number of halogens is 3. The Balaban J connectivity index is 0.00000256. The molecular formula is C18H17ClF2N8O. The van der Waals surface area contributed by atoms with Gasteiger partial charge in [-0.25, -0.2) is 13.8 Å². The van der Waals surface area contributed by atoms with Crippen LogP contribution >= 0.6 is 12.4 Å². The molecular weight excluding hydrogens is 418 g/mol. The van der Waals surface area contributed by atoms with Crippen LogP contribution in [0.2, 0.25) is 0 Å². The van der Waals surface area contributed by atoms with Crippen LogP contribution in [0.5, 0.6) is 5.88 Å². The number of fused-ring (bicyclic) bond motifs is 1. The summed E-state index contributed by atoms with van der Waals surface area (Å²) in [6, 6.07) is 3.14. The maximum absolute atomic E-state index is 14.0. The topological polar surface area (TPSA) is 114 Å². The number of anilines is 3. The van der Waals surface area contributed by atoms with Gasteiger partial charge in [-0.1, -0.05) is 0 Å². The summed E-state index contributed by atoms with van der Waals surface area (Å²) in [5, 5.41) is 16.3. The molecule has 4 aromatic heterocycles. The molecule has 0 amide bonds. The zero-order valence-corrected chi connectivity index (χ0v) is 16.7. The second-order valence-electron chi connectivity index (χ2n) is 6.37. The van der Waals surface area contributed by atoms with Crippen LogP contribution in [0, 0.1) is 11.6 Å². The van der Waals surface area contributed by atoms with Crippen molar-refractivity contribution in [1.29, 1.82) is 0 Å². The van der Waals surface area contributed by atoms with Crippen molar-refractivity contribution < 1.29 is 13.9 Å². The van der Waals surface area contributed by atoms with Gasteiger partial charge in [0, 0.05) is 25.4 Å². The normalized spacial score (nSPS) is 11.7. The van der Waals surface area contributed by atoms with E-state index in [9.17, 15) is 13.9 Å². The SMILES string of the molecule is CC(Nc1nc(Nc2cn(C)cn2)c2ccc(O)nc2n1)c1ncc(F)cc1F.Cl. The molecule has 0 aliphatic rings. The molecule has 9 nitrogen and oxygen atoms in total. The molecule has 4 heterocycles. The fraction of sp³-hybridized carbons (Fsp3) is 0.167. The third-order valence-electron chi connectivity index (χ3n) is 4.09. The van der Waals surface area contributed by atoms with Crippen LogP contribution in [-0.4, -0.2) is 34.6 Å². The maximum Gasteiger partial charge on any atom is 0.227 e. The minimum Gasteiger partial charge on any atom is -0.493 e. The number of hydrogen-bond acceptors (Lipinski definition) is 8. The summed E-state index contributed by atoms with van der Waals surface area (Å²) in [6.45, 7) is 1.64. The van der Waals surface area contributed by atoms with E-state index in [1.54, 1.807) is 30.1 Å². The third kappa shape index (κ3) is 4.35. The van der Waals surface area contributed by atoms with Gasteiger partial charge in [0.15, 0.2) is 5.65 Å². The van der Waals surface area contributed by atoms with Crippen molar-refractivity contribution in [1.82, 2.24) is 29.5 Å². The van der Waals surface area contributed by atoms with Crippen molar-refractivity contribution >= 4 is 41.0 Å². The lowest BCUT2D eigenvalue weighted by atomic mass is 10.2. The zero-order chi connectivity index (χ0) is 20.5. The fourth-order valence-electron chi connectivity index (χ4n) is 2.76. The number of nitrogens with zero attached hydrogens (tertiary/aromatic N) is 6. The average molecular weight is 435 g/mol. The highest BCUT2D eigenvalue weighted by Gasteiger charge is 2.17. The molecule has 3 N–H and O–H groups in total. The number of imidazole rings is 1. The average Bonchev–Trinajstić information content (AvgIpc) is 3.06. The summed E-state index contributed by atoms with van der Waals surface area (Å²) in [5.41, 5.74) is 0.235. The molecule has 0 aliphatic carbocycles. The third-order valence-corrected chi connectivity index (χ3v) is 4.09. The number of aromatic hydroxyl groups is 1. The highest BCUT2D eigenvalue weighted by atomic mass is 35.5. The van der Waals surface area contributed by atoms with E-state index in [1.165, 1.54) is 6.07 Å². The van der Waals surface area contributed by atoms with Crippen LogP contribution in [0.15, 0.2) is 36.9 Å². The summed E-state index contributed by atoms with van der Waals surface area (Å²) in [6.07, 6.45) is 4.32. The van der Waals surface area contributed by atoms with Crippen LogP contribution in [-0.2, 0) is 7.05 Å². The van der Waals surface area contributed by atoms with Gasteiger partial charge in [0.05, 0.1) is 29.6 Å². The number of nitrogens with one attached hydrogen (secondary N) is 2. The molecule has 0 aromatic carbocycles. The zero-order valence-electron chi connectivity index (χ0n) is 15.8. The molecule has 0 bridgehead atoms. The van der Waals surface area contributed by atoms with Crippen molar-refractivity contribution in [2.24, 2.45) is 7.05 Å². The molecule has 4 aromatic rings. The molecule has 0 saturated carbocycles. The molecule has 1 atom stereocenters. The smallest absolute Gasteiger partial charge is 0.227 e. The van der Waals surface area contributed by atoms with Gasteiger partial charge in [0.1, 0.15) is 23.3 Å². The van der Waals surface area contributed by atoms with Gasteiger partial charge in [0.25, 0.3) is 0 Å². The van der Waals surface area contributed by atoms with Gasteiger partial charge in [-0.2, -0.15) is 15.0 Å². The molecule has 30 heavy (non-hydrogen) atoms. The number of rotatable bonds is 5. The van der Waals surface area contributed by atoms with Crippen molar-refractivity contribution in [3.8, 4) is 5.88 Å². The Morgan fingerprint density at radius 3 is 2.63 bits per heavy atom. The van der Waals surface area contributed by atoms with Crippen molar-refractivity contribution in [3.63, 3.8) is 0 Å². The lowest BCUT2D eigenvalue weighted by Gasteiger charge is -2.15. The largest absolute Gasteiger partial charge is 0.493 e. The summed E-state index contributed by atoms with van der Waals surface area (Å²) < 4.78 is 28.9. The Morgan fingerprint density at radius 1 is 1.13 bits per heavy atom. The Morgan fingerprint density at radius 2 is 1.93 bits per heavy atom. The molecule has 0 saturated heterocycles. The first kappa shape index (κ1) is 21.1. The van der Waals surface area contributed by atoms with E-state index in [1.807, 2.05) is 7.05 Å². The summed E-state index contributed by atoms with van der Waals surface area (Å²) in [5.74, 6) is -0.693. The second-order valence-corrected chi connectivity index (χ2v) is 6.37. The molecule has 156 valence electrons. The van der Waals surface area contributed by atoms with Gasteiger partial charge in [-0.3, -0.25) is 4.98 Å². The first-order chi connectivity index (χ1) is 13.9. The number of aryl methyl sites for hydroxylation is 1. The highest BCUT2D eigenvalue weighted by molar-refractivity contribution is 5.89. The molecule has 0 spiro atoms. The lowest BCUT2D eigenvalue weighted by Crippen LogP contribution is -2.14. The number of hydrogen-bond donors (Lipinski definition) is 3. The van der Waals surface area contributed by atoms with Gasteiger partial charge in [0.2, 0.25) is 11.8 Å². The van der Waals surface area contributed by atoms with Gasteiger partial charge in [-0.15, -0.1) is 12.4 Å². The second kappa shape index (κ2) is 8.41. The van der Waals surface area contributed by atoms with Gasteiger partial charge in [-0.05, 0) is 13.0 Å². The van der Waals surface area contributed by atoms with E-state index in [4.69, 9.17) is 0 Å². The Hall–Kier alpha value is -3.60. The Bertz CT molecular complexity index is 1200. The quantitative estimate of drug-likeness (QED) is 0.437. The van der Waals surface area contributed by atoms with Crippen molar-refractivity contribution in [2.75, 3.05) is 10.6 Å². The van der Waals surface area contributed by atoms with Crippen molar-refractivity contribution in [2.45, 2.75) is 13.0 Å². The standard InChI is InChI=1S/C18H16F2N8O.ClH/c1-9(15-12(20)5-10(19)6-21-15)23-18-26-16(24-13-7-28(2)8-22-13)11-3-4-14(29)25-17(11)27-18;/h3-9H,1-2H3,(H3,23,24,25,26,27,29);1H. The summed E-state index contributed by atoms with van der Waals surface area (Å²) in [7, 11) is 1.83. The molecule has 0 fully saturated rings. The summed E-state index contributed by atoms with van der Waals surface area (Å²) in [4.78, 5) is 20.7. The van der Waals surface area contributed by atoms with Crippen LogP contribution in [0.1, 0.15) is 18.7 Å². The highest BCUT2D eigenvalue weighted by Crippen LogP contribution is 2.27. The Kier molecular flexibility index (Phi) is 5.92. The van der Waals surface area contributed by atoms with Gasteiger partial charge >= 0.3 is 0 Å². The minimum atomic E-state index is -0.784. The first-order valence-corrected chi connectivity index (χ1v) is 8.59. The number of aromatic nitrogens is 6. The van der Waals surface area contributed by atoms with E-state index in [2.05, 4.69) is 35.6 Å².